The Bertz CT molecular complexity index is 1210. The van der Waals surface area contributed by atoms with Crippen molar-refractivity contribution in [1.82, 2.24) is 9.78 Å². The predicted octanol–water partition coefficient (Wildman–Crippen LogP) is 3.97. The number of benzene rings is 2. The summed E-state index contributed by atoms with van der Waals surface area (Å²) in [6.45, 7) is 1.62. The normalized spacial score (nSPS) is 15.1. The Kier molecular flexibility index (Phi) is 6.76. The van der Waals surface area contributed by atoms with Gasteiger partial charge < -0.3 is 14.8 Å². The fourth-order valence-electron chi connectivity index (χ4n) is 4.07. The van der Waals surface area contributed by atoms with Gasteiger partial charge in [0.25, 0.3) is 5.56 Å². The first-order valence-electron chi connectivity index (χ1n) is 10.5. The third kappa shape index (κ3) is 4.62. The highest BCUT2D eigenvalue weighted by Crippen LogP contribution is 2.35. The first-order chi connectivity index (χ1) is 15.9. The van der Waals surface area contributed by atoms with Gasteiger partial charge in [0.15, 0.2) is 0 Å². The molecule has 7 nitrogen and oxygen atoms in total. The fourth-order valence-corrected chi connectivity index (χ4v) is 4.26. The molecule has 1 saturated heterocycles. The number of rotatable bonds is 6. The summed E-state index contributed by atoms with van der Waals surface area (Å²) in [5, 5.41) is 7.44. The number of hydrogen-bond acceptors (Lipinski definition) is 6. The van der Waals surface area contributed by atoms with E-state index >= 15 is 0 Å². The molecule has 0 radical (unpaired) electrons. The van der Waals surface area contributed by atoms with Crippen LogP contribution in [0.25, 0.3) is 5.69 Å². The summed E-state index contributed by atoms with van der Waals surface area (Å²) in [4.78, 5) is 25.1. The molecular weight excluding hydrogens is 449 g/mol. The quantitative estimate of drug-likeness (QED) is 0.548. The van der Waals surface area contributed by atoms with Crippen molar-refractivity contribution in [2.24, 2.45) is 0 Å². The second-order valence-corrected chi connectivity index (χ2v) is 8.23. The molecule has 4 rings (SSSR count). The van der Waals surface area contributed by atoms with Crippen molar-refractivity contribution in [2.45, 2.75) is 18.3 Å². The third-order valence-electron chi connectivity index (χ3n) is 5.98. The molecule has 2 heterocycles. The maximum absolute atomic E-state index is 13.5. The Balaban J connectivity index is 1.64. The lowest BCUT2D eigenvalue weighted by Crippen LogP contribution is -2.40. The number of para-hydroxylation sites is 1. The van der Waals surface area contributed by atoms with E-state index < -0.39 is 11.5 Å². The van der Waals surface area contributed by atoms with E-state index in [0.29, 0.717) is 25.4 Å². The predicted molar refractivity (Wildman–Crippen MR) is 123 cm³/mol. The highest BCUT2D eigenvalue weighted by molar-refractivity contribution is 6.33. The zero-order chi connectivity index (χ0) is 23.4. The molecule has 2 aromatic carbocycles. The molecule has 0 atom stereocenters. The Morgan fingerprint density at radius 3 is 2.61 bits per heavy atom. The Labute approximate surface area is 195 Å². The number of carbonyl (C=O) groups is 1. The molecule has 0 aliphatic carbocycles. The van der Waals surface area contributed by atoms with Gasteiger partial charge in [-0.15, -0.1) is 0 Å². The number of halogens is 2. The molecule has 0 bridgehead atoms. The van der Waals surface area contributed by atoms with Crippen LogP contribution in [0.15, 0.2) is 59.5 Å². The molecule has 0 amide bonds. The van der Waals surface area contributed by atoms with Crippen molar-refractivity contribution in [3.8, 4) is 5.69 Å². The minimum atomic E-state index is -0.585. The summed E-state index contributed by atoms with van der Waals surface area (Å²) in [6.07, 6.45) is 2.93. The summed E-state index contributed by atoms with van der Waals surface area (Å²) < 4.78 is 24.9. The van der Waals surface area contributed by atoms with Crippen LogP contribution in [-0.2, 0) is 14.9 Å². The van der Waals surface area contributed by atoms with Gasteiger partial charge in [-0.25, -0.2) is 9.18 Å². The number of carbonyl (C=O) groups excluding carboxylic acids is 1. The van der Waals surface area contributed by atoms with E-state index in [1.165, 1.54) is 25.4 Å². The maximum atomic E-state index is 13.5. The minimum Gasteiger partial charge on any atom is -0.465 e. The maximum Gasteiger partial charge on any atom is 0.340 e. The van der Waals surface area contributed by atoms with Gasteiger partial charge in [0.1, 0.15) is 10.8 Å². The van der Waals surface area contributed by atoms with Crippen LogP contribution < -0.4 is 10.9 Å². The van der Waals surface area contributed by atoms with Crippen molar-refractivity contribution in [1.29, 1.82) is 0 Å². The summed E-state index contributed by atoms with van der Waals surface area (Å²) in [5.74, 6) is -0.879. The molecule has 1 N–H and O–H groups in total. The molecule has 0 saturated carbocycles. The van der Waals surface area contributed by atoms with Crippen LogP contribution in [0.3, 0.4) is 0 Å². The summed E-state index contributed by atoms with van der Waals surface area (Å²) in [6, 6.07) is 13.0. The Hall–Kier alpha value is -3.23. The number of nitrogens with zero attached hydrogens (tertiary/aromatic N) is 2. The van der Waals surface area contributed by atoms with Gasteiger partial charge in [-0.05, 0) is 42.7 Å². The van der Waals surface area contributed by atoms with Crippen LogP contribution >= 0.6 is 11.6 Å². The number of methoxy groups -OCH3 is 1. The van der Waals surface area contributed by atoms with Gasteiger partial charge in [-0.1, -0.05) is 35.9 Å². The third-order valence-corrected chi connectivity index (χ3v) is 6.35. The number of nitrogens with one attached hydrogen (secondary N) is 1. The lowest BCUT2D eigenvalue weighted by Gasteiger charge is -2.38. The van der Waals surface area contributed by atoms with Gasteiger partial charge in [0.05, 0.1) is 30.2 Å². The smallest absolute Gasteiger partial charge is 0.340 e. The number of esters is 1. The van der Waals surface area contributed by atoms with Crippen LogP contribution in [0.1, 0.15) is 28.8 Å². The van der Waals surface area contributed by atoms with E-state index in [2.05, 4.69) is 10.4 Å². The van der Waals surface area contributed by atoms with Crippen molar-refractivity contribution in [2.75, 3.05) is 32.2 Å². The molecule has 3 aromatic rings. The Morgan fingerprint density at radius 2 is 1.91 bits per heavy atom. The van der Waals surface area contributed by atoms with Crippen molar-refractivity contribution >= 4 is 23.3 Å². The van der Waals surface area contributed by atoms with Gasteiger partial charge in [-0.3, -0.25) is 4.79 Å². The summed E-state index contributed by atoms with van der Waals surface area (Å²) in [7, 11) is 1.27. The molecular formula is C24H23ClFN3O4. The molecule has 1 fully saturated rings. The zero-order valence-corrected chi connectivity index (χ0v) is 18.8. The average Bonchev–Trinajstić information content (AvgIpc) is 2.85. The average molecular weight is 472 g/mol. The summed E-state index contributed by atoms with van der Waals surface area (Å²) in [5.41, 5.74) is 0.965. The molecule has 172 valence electrons. The van der Waals surface area contributed by atoms with Crippen molar-refractivity contribution < 1.29 is 18.7 Å². The first-order valence-corrected chi connectivity index (χ1v) is 10.9. The molecule has 9 heteroatoms. The standard InChI is InChI=1S/C24H23ClFN3O4/c1-32-23(31)18-4-2-3-5-20(18)29-22(30)21(25)19(14-28-29)27-15-24(10-12-33-13-11-24)16-6-8-17(26)9-7-16/h2-9,14,27H,10-13,15H2,1H3. The van der Waals surface area contributed by atoms with Crippen LogP contribution in [-0.4, -0.2) is 42.6 Å². The largest absolute Gasteiger partial charge is 0.465 e. The highest BCUT2D eigenvalue weighted by atomic mass is 35.5. The zero-order valence-electron chi connectivity index (χ0n) is 18.0. The number of aromatic nitrogens is 2. The van der Waals surface area contributed by atoms with E-state index in [-0.39, 0.29) is 27.5 Å². The van der Waals surface area contributed by atoms with Crippen molar-refractivity contribution in [3.63, 3.8) is 0 Å². The molecule has 1 aliphatic heterocycles. The van der Waals surface area contributed by atoms with Gasteiger partial charge in [-0.2, -0.15) is 9.78 Å². The van der Waals surface area contributed by atoms with Gasteiger partial charge in [0.2, 0.25) is 0 Å². The van der Waals surface area contributed by atoms with E-state index in [9.17, 15) is 14.0 Å². The van der Waals surface area contributed by atoms with Crippen LogP contribution in [0, 0.1) is 5.82 Å². The molecule has 0 unspecified atom stereocenters. The lowest BCUT2D eigenvalue weighted by molar-refractivity contribution is 0.0543. The summed E-state index contributed by atoms with van der Waals surface area (Å²) >= 11 is 6.42. The molecule has 33 heavy (non-hydrogen) atoms. The first kappa shape index (κ1) is 22.9. The van der Waals surface area contributed by atoms with E-state index in [4.69, 9.17) is 21.1 Å². The topological polar surface area (TPSA) is 82.5 Å². The van der Waals surface area contributed by atoms with Crippen molar-refractivity contribution in [3.05, 3.63) is 87.0 Å². The van der Waals surface area contributed by atoms with E-state index in [0.717, 1.165) is 23.1 Å². The second-order valence-electron chi connectivity index (χ2n) is 7.85. The minimum absolute atomic E-state index is 0.0500. The van der Waals surface area contributed by atoms with Gasteiger partial charge in [0, 0.05) is 25.2 Å². The molecule has 1 aliphatic rings. The molecule has 1 aromatic heterocycles. The Morgan fingerprint density at radius 1 is 1.21 bits per heavy atom. The van der Waals surface area contributed by atoms with Crippen LogP contribution in [0.5, 0.6) is 0 Å². The molecule has 0 spiro atoms. The number of anilines is 1. The fraction of sp³-hybridized carbons (Fsp3) is 0.292. The monoisotopic (exact) mass is 471 g/mol. The SMILES string of the molecule is COC(=O)c1ccccc1-n1ncc(NCC2(c3ccc(F)cc3)CCOCC2)c(Cl)c1=O. The van der Waals surface area contributed by atoms with Crippen LogP contribution in [0.4, 0.5) is 10.1 Å². The lowest BCUT2D eigenvalue weighted by atomic mass is 9.74. The van der Waals surface area contributed by atoms with Gasteiger partial charge >= 0.3 is 5.97 Å². The van der Waals surface area contributed by atoms with E-state index in [1.807, 2.05) is 0 Å². The highest BCUT2D eigenvalue weighted by Gasteiger charge is 2.34. The number of ether oxygens (including phenoxy) is 2. The van der Waals surface area contributed by atoms with E-state index in [1.54, 1.807) is 36.4 Å². The second kappa shape index (κ2) is 9.72. The number of hydrogen-bond donors (Lipinski definition) is 1. The van der Waals surface area contributed by atoms with Crippen LogP contribution in [0.2, 0.25) is 5.02 Å².